The first-order valence-corrected chi connectivity index (χ1v) is 8.02. The summed E-state index contributed by atoms with van der Waals surface area (Å²) in [6.45, 7) is 2.18. The second-order valence-corrected chi connectivity index (χ2v) is 6.29. The highest BCUT2D eigenvalue weighted by Gasteiger charge is 2.22. The highest BCUT2D eigenvalue weighted by atomic mass is 32.2. The van der Waals surface area contributed by atoms with Crippen LogP contribution in [0.1, 0.15) is 6.92 Å². The van der Waals surface area contributed by atoms with Crippen LogP contribution in [-0.2, 0) is 10.0 Å². The molecule has 0 aliphatic carbocycles. The maximum Gasteiger partial charge on any atom is 0.271 e. The summed E-state index contributed by atoms with van der Waals surface area (Å²) in [5, 5.41) is 17.4. The summed E-state index contributed by atoms with van der Waals surface area (Å²) in [7, 11) is -3.88. The van der Waals surface area contributed by atoms with Gasteiger partial charge < -0.3 is 5.32 Å². The van der Waals surface area contributed by atoms with E-state index in [0.717, 1.165) is 17.6 Å². The molecule has 2 aromatic rings. The molecule has 0 unspecified atom stereocenters. The zero-order chi connectivity index (χ0) is 15.5. The first kappa shape index (κ1) is 15.1. The van der Waals surface area contributed by atoms with E-state index >= 15 is 0 Å². The van der Waals surface area contributed by atoms with Crippen LogP contribution in [0, 0.1) is 10.1 Å². The molecule has 1 aromatic heterocycles. The quantitative estimate of drug-likeness (QED) is 0.609. The van der Waals surface area contributed by atoms with Crippen molar-refractivity contribution in [2.45, 2.75) is 11.8 Å². The average Bonchev–Trinajstić information content (AvgIpc) is 2.91. The number of nitro groups is 1. The third-order valence-corrected chi connectivity index (χ3v) is 4.56. The van der Waals surface area contributed by atoms with Gasteiger partial charge in [0.2, 0.25) is 0 Å². The first-order valence-electron chi connectivity index (χ1n) is 5.76. The third kappa shape index (κ3) is 3.44. The van der Waals surface area contributed by atoms with Crippen molar-refractivity contribution in [2.75, 3.05) is 16.6 Å². The molecule has 0 fully saturated rings. The van der Waals surface area contributed by atoms with Gasteiger partial charge in [0.25, 0.3) is 15.7 Å². The van der Waals surface area contributed by atoms with Crippen molar-refractivity contribution in [3.8, 4) is 0 Å². The maximum absolute atomic E-state index is 12.3. The monoisotopic (exact) mass is 329 g/mol. The van der Waals surface area contributed by atoms with Crippen LogP contribution in [0.3, 0.4) is 0 Å². The van der Waals surface area contributed by atoms with Crippen LogP contribution in [-0.4, -0.2) is 29.5 Å². The van der Waals surface area contributed by atoms with Gasteiger partial charge >= 0.3 is 0 Å². The van der Waals surface area contributed by atoms with E-state index in [1.807, 2.05) is 0 Å². The van der Waals surface area contributed by atoms with Crippen LogP contribution in [0.4, 0.5) is 16.4 Å². The summed E-state index contributed by atoms with van der Waals surface area (Å²) in [6.07, 6.45) is 1.28. The van der Waals surface area contributed by atoms with Crippen molar-refractivity contribution in [1.29, 1.82) is 0 Å². The topological polar surface area (TPSA) is 127 Å². The predicted molar refractivity (Wildman–Crippen MR) is 78.0 cm³/mol. The molecule has 1 heterocycles. The SMILES string of the molecule is CCNc1cc([N+](=O)[O-])ccc1S(=O)(=O)Nc1cnns1. The van der Waals surface area contributed by atoms with Gasteiger partial charge in [-0.25, -0.2) is 8.42 Å². The zero-order valence-electron chi connectivity index (χ0n) is 10.8. The maximum atomic E-state index is 12.3. The lowest BCUT2D eigenvalue weighted by atomic mass is 10.3. The second-order valence-electron chi connectivity index (χ2n) is 3.86. The van der Waals surface area contributed by atoms with Crippen LogP contribution in [0.25, 0.3) is 0 Å². The largest absolute Gasteiger partial charge is 0.384 e. The summed E-state index contributed by atoms with van der Waals surface area (Å²) in [4.78, 5) is 10.1. The molecule has 2 N–H and O–H groups in total. The number of nitrogens with zero attached hydrogens (tertiary/aromatic N) is 3. The number of nitro benzene ring substituents is 1. The van der Waals surface area contributed by atoms with Gasteiger partial charge in [0.15, 0.2) is 0 Å². The van der Waals surface area contributed by atoms with Crippen LogP contribution >= 0.6 is 11.5 Å². The lowest BCUT2D eigenvalue weighted by molar-refractivity contribution is -0.384. The highest BCUT2D eigenvalue weighted by molar-refractivity contribution is 7.93. The Morgan fingerprint density at radius 3 is 2.76 bits per heavy atom. The summed E-state index contributed by atoms with van der Waals surface area (Å²) in [5.74, 6) is 0. The van der Waals surface area contributed by atoms with Crippen LogP contribution < -0.4 is 10.0 Å². The Morgan fingerprint density at radius 1 is 1.43 bits per heavy atom. The molecular weight excluding hydrogens is 318 g/mol. The molecule has 0 aliphatic rings. The van der Waals surface area contributed by atoms with Gasteiger partial charge in [-0.15, -0.1) is 5.10 Å². The summed E-state index contributed by atoms with van der Waals surface area (Å²) < 4.78 is 30.5. The summed E-state index contributed by atoms with van der Waals surface area (Å²) in [6, 6.07) is 3.51. The molecule has 0 atom stereocenters. The Bertz CT molecular complexity index is 745. The van der Waals surface area contributed by atoms with Gasteiger partial charge in [0, 0.05) is 30.2 Å². The fraction of sp³-hybridized carbons (Fsp3) is 0.200. The number of aromatic nitrogens is 2. The predicted octanol–water partition coefficient (Wildman–Crippen LogP) is 1.68. The number of anilines is 2. The van der Waals surface area contributed by atoms with Crippen LogP contribution in [0.2, 0.25) is 0 Å². The van der Waals surface area contributed by atoms with E-state index in [4.69, 9.17) is 0 Å². The van der Waals surface area contributed by atoms with E-state index < -0.39 is 14.9 Å². The van der Waals surface area contributed by atoms with E-state index in [9.17, 15) is 18.5 Å². The van der Waals surface area contributed by atoms with E-state index in [2.05, 4.69) is 19.6 Å². The Kier molecular flexibility index (Phi) is 4.33. The normalized spacial score (nSPS) is 11.1. The molecule has 2 rings (SSSR count). The Labute approximate surface area is 124 Å². The summed E-state index contributed by atoms with van der Waals surface area (Å²) >= 11 is 0.892. The van der Waals surface area contributed by atoms with Crippen molar-refractivity contribution in [1.82, 2.24) is 9.59 Å². The number of hydrogen-bond acceptors (Lipinski definition) is 8. The smallest absolute Gasteiger partial charge is 0.271 e. The van der Waals surface area contributed by atoms with Gasteiger partial charge in [-0.05, 0) is 13.0 Å². The lowest BCUT2D eigenvalue weighted by Gasteiger charge is -2.11. The van der Waals surface area contributed by atoms with Gasteiger partial charge in [-0.1, -0.05) is 4.49 Å². The van der Waals surface area contributed by atoms with Crippen molar-refractivity contribution >= 4 is 37.9 Å². The van der Waals surface area contributed by atoms with E-state index in [0.29, 0.717) is 6.54 Å². The molecule has 9 nitrogen and oxygen atoms in total. The first-order chi connectivity index (χ1) is 9.94. The lowest BCUT2D eigenvalue weighted by Crippen LogP contribution is -2.15. The minimum absolute atomic E-state index is 0.0802. The number of hydrogen-bond donors (Lipinski definition) is 2. The minimum Gasteiger partial charge on any atom is -0.384 e. The van der Waals surface area contributed by atoms with Crippen LogP contribution in [0.5, 0.6) is 0 Å². The van der Waals surface area contributed by atoms with E-state index in [1.54, 1.807) is 6.92 Å². The Balaban J connectivity index is 2.44. The van der Waals surface area contributed by atoms with Gasteiger partial charge in [-0.2, -0.15) is 0 Å². The second kappa shape index (κ2) is 6.01. The van der Waals surface area contributed by atoms with Gasteiger partial charge in [0.05, 0.1) is 16.8 Å². The van der Waals surface area contributed by atoms with E-state index in [1.165, 1.54) is 18.3 Å². The fourth-order valence-electron chi connectivity index (χ4n) is 1.59. The number of nitrogens with one attached hydrogen (secondary N) is 2. The number of rotatable bonds is 6. The molecule has 21 heavy (non-hydrogen) atoms. The fourth-order valence-corrected chi connectivity index (χ4v) is 3.44. The van der Waals surface area contributed by atoms with Crippen molar-refractivity contribution in [2.24, 2.45) is 0 Å². The Hall–Kier alpha value is -2.27. The van der Waals surface area contributed by atoms with Gasteiger partial charge in [-0.3, -0.25) is 14.8 Å². The van der Waals surface area contributed by atoms with Crippen molar-refractivity contribution in [3.63, 3.8) is 0 Å². The molecule has 0 saturated carbocycles. The number of benzene rings is 1. The molecule has 0 saturated heterocycles. The number of non-ortho nitro benzene ring substituents is 1. The van der Waals surface area contributed by atoms with Crippen molar-refractivity contribution in [3.05, 3.63) is 34.5 Å². The Morgan fingerprint density at radius 2 is 2.19 bits per heavy atom. The average molecular weight is 329 g/mol. The van der Waals surface area contributed by atoms with Crippen molar-refractivity contribution < 1.29 is 13.3 Å². The zero-order valence-corrected chi connectivity index (χ0v) is 12.4. The standard InChI is InChI=1S/C10H11N5O4S2/c1-2-11-8-5-7(15(16)17)3-4-9(8)21(18,19)13-10-6-12-14-20-10/h3-6,11,13H,2H2,1H3. The molecule has 0 bridgehead atoms. The van der Waals surface area contributed by atoms with E-state index in [-0.39, 0.29) is 21.3 Å². The highest BCUT2D eigenvalue weighted by Crippen LogP contribution is 2.28. The van der Waals surface area contributed by atoms with Gasteiger partial charge in [0.1, 0.15) is 9.90 Å². The molecule has 112 valence electrons. The minimum atomic E-state index is -3.88. The third-order valence-electron chi connectivity index (χ3n) is 2.43. The molecular formula is C10H11N5O4S2. The molecule has 0 spiro atoms. The molecule has 0 amide bonds. The molecule has 0 radical (unpaired) electrons. The molecule has 11 heteroatoms. The number of sulfonamides is 1. The summed E-state index contributed by atoms with van der Waals surface area (Å²) in [5.41, 5.74) is -0.0268. The van der Waals surface area contributed by atoms with Crippen LogP contribution in [0.15, 0.2) is 29.3 Å². The molecule has 1 aromatic carbocycles. The molecule has 0 aliphatic heterocycles.